The number of nitrogen functional groups attached to an aromatic ring is 1. The maximum atomic E-state index is 6.02. The molecule has 1 aliphatic rings. The number of hydrogen-bond donors (Lipinski definition) is 2. The molecule has 20 heavy (non-hydrogen) atoms. The Morgan fingerprint density at radius 3 is 2.95 bits per heavy atom. The van der Waals surface area contributed by atoms with Gasteiger partial charge in [0.2, 0.25) is 0 Å². The fourth-order valence-electron chi connectivity index (χ4n) is 2.51. The Bertz CT molecular complexity index is 550. The van der Waals surface area contributed by atoms with Gasteiger partial charge in [0, 0.05) is 13.2 Å². The summed E-state index contributed by atoms with van der Waals surface area (Å²) in [4.78, 5) is 0. The predicted molar refractivity (Wildman–Crippen MR) is 84.0 cm³/mol. The van der Waals surface area contributed by atoms with Crippen LogP contribution in [0.25, 0.3) is 11.1 Å². The highest BCUT2D eigenvalue weighted by atomic mass is 32.1. The fourth-order valence-corrected chi connectivity index (χ4v) is 3.25. The zero-order valence-corrected chi connectivity index (χ0v) is 12.2. The number of benzene rings is 1. The fraction of sp³-hybridized carbons (Fsp3) is 0.400. The van der Waals surface area contributed by atoms with Gasteiger partial charge >= 0.3 is 0 Å². The third-order valence-electron chi connectivity index (χ3n) is 3.59. The third kappa shape index (κ3) is 2.94. The van der Waals surface area contributed by atoms with E-state index in [-0.39, 0.29) is 0 Å². The third-order valence-corrected chi connectivity index (χ3v) is 4.41. The van der Waals surface area contributed by atoms with Gasteiger partial charge in [0.05, 0.1) is 12.2 Å². The van der Waals surface area contributed by atoms with Crippen molar-refractivity contribution >= 4 is 22.4 Å². The van der Waals surface area contributed by atoms with Gasteiger partial charge in [-0.2, -0.15) is 4.37 Å². The van der Waals surface area contributed by atoms with E-state index in [1.807, 2.05) is 18.2 Å². The summed E-state index contributed by atoms with van der Waals surface area (Å²) < 4.78 is 9.80. The molecule has 0 saturated carbocycles. The van der Waals surface area contributed by atoms with E-state index in [0.29, 0.717) is 11.7 Å². The Hall–Kier alpha value is -1.59. The Kier molecular flexibility index (Phi) is 4.18. The molecule has 1 saturated heterocycles. The van der Waals surface area contributed by atoms with Crippen molar-refractivity contribution in [2.45, 2.75) is 12.8 Å². The van der Waals surface area contributed by atoms with Gasteiger partial charge in [-0.15, -0.1) is 0 Å². The molecule has 1 aliphatic heterocycles. The summed E-state index contributed by atoms with van der Waals surface area (Å²) in [6, 6.07) is 10.2. The molecule has 0 bridgehead atoms. The standard InChI is InChI=1S/C15H19N3OS/c16-14-13(12-6-2-1-3-7-12)15(20-18-14)17-9-11-5-4-8-19-10-11/h1-3,6-7,11,17H,4-5,8-10H2,(H2,16,18). The molecule has 5 heteroatoms. The van der Waals surface area contributed by atoms with E-state index in [4.69, 9.17) is 10.5 Å². The van der Waals surface area contributed by atoms with Crippen molar-refractivity contribution in [3.8, 4) is 11.1 Å². The summed E-state index contributed by atoms with van der Waals surface area (Å²) >= 11 is 1.43. The number of aromatic nitrogens is 1. The lowest BCUT2D eigenvalue weighted by Crippen LogP contribution is -2.24. The molecule has 1 atom stereocenters. The van der Waals surface area contributed by atoms with Gasteiger partial charge in [0.25, 0.3) is 0 Å². The first-order chi connectivity index (χ1) is 9.84. The Morgan fingerprint density at radius 1 is 1.35 bits per heavy atom. The van der Waals surface area contributed by atoms with Gasteiger partial charge in [-0.1, -0.05) is 30.3 Å². The van der Waals surface area contributed by atoms with E-state index >= 15 is 0 Å². The minimum atomic E-state index is 0.579. The Morgan fingerprint density at radius 2 is 2.20 bits per heavy atom. The summed E-state index contributed by atoms with van der Waals surface area (Å²) in [7, 11) is 0. The molecule has 1 aromatic heterocycles. The zero-order chi connectivity index (χ0) is 13.8. The zero-order valence-electron chi connectivity index (χ0n) is 11.3. The number of nitrogens with zero attached hydrogens (tertiary/aromatic N) is 1. The number of nitrogens with two attached hydrogens (primary N) is 1. The van der Waals surface area contributed by atoms with E-state index in [1.54, 1.807) is 0 Å². The van der Waals surface area contributed by atoms with Crippen molar-refractivity contribution in [2.24, 2.45) is 5.92 Å². The highest BCUT2D eigenvalue weighted by Crippen LogP contribution is 2.36. The highest BCUT2D eigenvalue weighted by molar-refractivity contribution is 7.11. The van der Waals surface area contributed by atoms with E-state index in [0.717, 1.165) is 42.3 Å². The van der Waals surface area contributed by atoms with E-state index < -0.39 is 0 Å². The molecule has 0 radical (unpaired) electrons. The topological polar surface area (TPSA) is 60.2 Å². The summed E-state index contributed by atoms with van der Waals surface area (Å²) in [5, 5.41) is 4.55. The van der Waals surface area contributed by atoms with Gasteiger partial charge in [-0.05, 0) is 35.9 Å². The van der Waals surface area contributed by atoms with Crippen LogP contribution in [0.15, 0.2) is 30.3 Å². The second kappa shape index (κ2) is 6.24. The average Bonchev–Trinajstić information content (AvgIpc) is 2.88. The van der Waals surface area contributed by atoms with Crippen LogP contribution < -0.4 is 11.1 Å². The Labute approximate surface area is 123 Å². The van der Waals surface area contributed by atoms with Crippen LogP contribution >= 0.6 is 11.5 Å². The summed E-state index contributed by atoms with van der Waals surface area (Å²) in [5.74, 6) is 1.18. The second-order valence-corrected chi connectivity index (χ2v) is 5.88. The quantitative estimate of drug-likeness (QED) is 0.907. The Balaban J connectivity index is 1.74. The van der Waals surface area contributed by atoms with Gasteiger partial charge < -0.3 is 15.8 Å². The minimum Gasteiger partial charge on any atom is -0.382 e. The van der Waals surface area contributed by atoms with E-state index in [2.05, 4.69) is 21.8 Å². The number of hydrogen-bond acceptors (Lipinski definition) is 5. The molecule has 0 amide bonds. The van der Waals surface area contributed by atoms with Crippen LogP contribution in [0.2, 0.25) is 0 Å². The average molecular weight is 289 g/mol. The maximum Gasteiger partial charge on any atom is 0.147 e. The second-order valence-electron chi connectivity index (χ2n) is 5.10. The van der Waals surface area contributed by atoms with Crippen molar-refractivity contribution < 1.29 is 4.74 Å². The SMILES string of the molecule is Nc1nsc(NCC2CCCOC2)c1-c1ccccc1. The van der Waals surface area contributed by atoms with Crippen LogP contribution in [-0.2, 0) is 4.74 Å². The molecule has 0 aliphatic carbocycles. The van der Waals surface area contributed by atoms with Crippen LogP contribution in [0.1, 0.15) is 12.8 Å². The van der Waals surface area contributed by atoms with Crippen LogP contribution in [-0.4, -0.2) is 24.1 Å². The van der Waals surface area contributed by atoms with Gasteiger partial charge in [0.15, 0.2) is 0 Å². The van der Waals surface area contributed by atoms with Crippen LogP contribution in [0.4, 0.5) is 10.8 Å². The van der Waals surface area contributed by atoms with Gasteiger partial charge in [0.1, 0.15) is 10.8 Å². The van der Waals surface area contributed by atoms with Crippen molar-refractivity contribution in [1.29, 1.82) is 0 Å². The van der Waals surface area contributed by atoms with Crippen molar-refractivity contribution in [3.63, 3.8) is 0 Å². The summed E-state index contributed by atoms with van der Waals surface area (Å²) in [6.07, 6.45) is 2.38. The van der Waals surface area contributed by atoms with Crippen molar-refractivity contribution in [3.05, 3.63) is 30.3 Å². The molecule has 0 spiro atoms. The highest BCUT2D eigenvalue weighted by Gasteiger charge is 2.17. The summed E-state index contributed by atoms with van der Waals surface area (Å²) in [5.41, 5.74) is 8.15. The molecule has 3 N–H and O–H groups in total. The van der Waals surface area contributed by atoms with Gasteiger partial charge in [-0.25, -0.2) is 0 Å². The van der Waals surface area contributed by atoms with E-state index in [9.17, 15) is 0 Å². The van der Waals surface area contributed by atoms with Crippen LogP contribution in [0.3, 0.4) is 0 Å². The maximum absolute atomic E-state index is 6.02. The number of ether oxygens (including phenoxy) is 1. The lowest BCUT2D eigenvalue weighted by molar-refractivity contribution is 0.0595. The lowest BCUT2D eigenvalue weighted by atomic mass is 10.0. The molecule has 2 aromatic rings. The molecule has 2 heterocycles. The molecule has 106 valence electrons. The summed E-state index contributed by atoms with van der Waals surface area (Å²) in [6.45, 7) is 2.67. The molecule has 1 unspecified atom stereocenters. The predicted octanol–water partition coefficient (Wildman–Crippen LogP) is 3.23. The van der Waals surface area contributed by atoms with Crippen LogP contribution in [0.5, 0.6) is 0 Å². The lowest BCUT2D eigenvalue weighted by Gasteiger charge is -2.22. The molecular weight excluding hydrogens is 270 g/mol. The molecule has 1 fully saturated rings. The van der Waals surface area contributed by atoms with Crippen molar-refractivity contribution in [2.75, 3.05) is 30.8 Å². The molecule has 3 rings (SSSR count). The first-order valence-electron chi connectivity index (χ1n) is 6.97. The number of nitrogens with one attached hydrogen (secondary N) is 1. The minimum absolute atomic E-state index is 0.579. The van der Waals surface area contributed by atoms with E-state index in [1.165, 1.54) is 18.0 Å². The molecule has 4 nitrogen and oxygen atoms in total. The van der Waals surface area contributed by atoms with Crippen molar-refractivity contribution in [1.82, 2.24) is 4.37 Å². The number of rotatable bonds is 4. The first kappa shape index (κ1) is 13.4. The normalized spacial score (nSPS) is 18.9. The molecular formula is C15H19N3OS. The smallest absolute Gasteiger partial charge is 0.147 e. The largest absolute Gasteiger partial charge is 0.382 e. The molecule has 1 aromatic carbocycles. The monoisotopic (exact) mass is 289 g/mol. The van der Waals surface area contributed by atoms with Gasteiger partial charge in [-0.3, -0.25) is 0 Å². The first-order valence-corrected chi connectivity index (χ1v) is 7.74. The number of anilines is 2. The van der Waals surface area contributed by atoms with Crippen LogP contribution in [0, 0.1) is 5.92 Å².